The Hall–Kier alpha value is -1.01. The first-order valence-electron chi connectivity index (χ1n) is 8.74. The SMILES string of the molecule is CCNC(=NCCOc1ncc(C(F)(F)F)cc1Cl)N(C)CC1CCOC1.I. The second kappa shape index (κ2) is 11.9. The van der Waals surface area contributed by atoms with Crippen LogP contribution in [0.25, 0.3) is 0 Å². The van der Waals surface area contributed by atoms with E-state index in [1.165, 1.54) is 0 Å². The third-order valence-electron chi connectivity index (χ3n) is 3.98. The Morgan fingerprint density at radius 2 is 2.25 bits per heavy atom. The second-order valence-corrected chi connectivity index (χ2v) is 6.61. The molecule has 2 rings (SSSR count). The molecule has 2 heterocycles. The first-order valence-corrected chi connectivity index (χ1v) is 9.11. The van der Waals surface area contributed by atoms with Crippen molar-refractivity contribution in [1.82, 2.24) is 15.2 Å². The highest BCUT2D eigenvalue weighted by molar-refractivity contribution is 14.0. The lowest BCUT2D eigenvalue weighted by Gasteiger charge is -2.24. The van der Waals surface area contributed by atoms with Crippen molar-refractivity contribution in [3.05, 3.63) is 22.8 Å². The van der Waals surface area contributed by atoms with Crippen molar-refractivity contribution >= 4 is 41.5 Å². The molecule has 1 unspecified atom stereocenters. The second-order valence-electron chi connectivity index (χ2n) is 6.20. The molecule has 0 radical (unpaired) electrons. The summed E-state index contributed by atoms with van der Waals surface area (Å²) in [4.78, 5) is 10.1. The van der Waals surface area contributed by atoms with Crippen molar-refractivity contribution in [2.24, 2.45) is 10.9 Å². The number of halogens is 5. The molecule has 1 aromatic heterocycles. The van der Waals surface area contributed by atoms with Crippen LogP contribution < -0.4 is 10.1 Å². The van der Waals surface area contributed by atoms with E-state index in [1.807, 2.05) is 18.9 Å². The Bertz CT molecular complexity index is 643. The molecule has 1 atom stereocenters. The number of ether oxygens (including phenoxy) is 2. The summed E-state index contributed by atoms with van der Waals surface area (Å²) in [5.74, 6) is 1.17. The van der Waals surface area contributed by atoms with Crippen LogP contribution in [-0.4, -0.2) is 62.3 Å². The average Bonchev–Trinajstić information content (AvgIpc) is 3.10. The number of guanidine groups is 1. The molecule has 160 valence electrons. The van der Waals surface area contributed by atoms with Gasteiger partial charge >= 0.3 is 6.18 Å². The first kappa shape index (κ1) is 25.0. The van der Waals surface area contributed by atoms with Crippen molar-refractivity contribution in [2.75, 3.05) is 46.5 Å². The predicted molar refractivity (Wildman–Crippen MR) is 113 cm³/mol. The molecule has 1 N–H and O–H groups in total. The summed E-state index contributed by atoms with van der Waals surface area (Å²) in [5.41, 5.74) is -0.912. The van der Waals surface area contributed by atoms with Gasteiger partial charge in [0.15, 0.2) is 5.96 Å². The number of nitrogens with zero attached hydrogens (tertiary/aromatic N) is 3. The van der Waals surface area contributed by atoms with Gasteiger partial charge in [0, 0.05) is 38.9 Å². The van der Waals surface area contributed by atoms with Crippen LogP contribution in [0.3, 0.4) is 0 Å². The fraction of sp³-hybridized carbons (Fsp3) is 0.647. The van der Waals surface area contributed by atoms with E-state index < -0.39 is 11.7 Å². The highest BCUT2D eigenvalue weighted by atomic mass is 127. The Balaban J connectivity index is 0.00000392. The van der Waals surface area contributed by atoms with Gasteiger partial charge in [-0.2, -0.15) is 13.2 Å². The molecule has 28 heavy (non-hydrogen) atoms. The molecule has 0 saturated carbocycles. The number of nitrogens with one attached hydrogen (secondary N) is 1. The molecule has 6 nitrogen and oxygen atoms in total. The van der Waals surface area contributed by atoms with Gasteiger partial charge in [-0.3, -0.25) is 0 Å². The van der Waals surface area contributed by atoms with Crippen LogP contribution in [0.1, 0.15) is 18.9 Å². The summed E-state index contributed by atoms with van der Waals surface area (Å²) in [7, 11) is 1.95. The number of hydrogen-bond acceptors (Lipinski definition) is 4. The summed E-state index contributed by atoms with van der Waals surface area (Å²) in [6, 6.07) is 0.800. The van der Waals surface area contributed by atoms with Crippen molar-refractivity contribution in [3.8, 4) is 5.88 Å². The molecule has 11 heteroatoms. The summed E-state index contributed by atoms with van der Waals surface area (Å²) in [6.45, 7) is 5.53. The van der Waals surface area contributed by atoms with E-state index >= 15 is 0 Å². The smallest absolute Gasteiger partial charge is 0.417 e. The lowest BCUT2D eigenvalue weighted by molar-refractivity contribution is -0.137. The van der Waals surface area contributed by atoms with Gasteiger partial charge in [-0.15, -0.1) is 24.0 Å². The van der Waals surface area contributed by atoms with Gasteiger partial charge < -0.3 is 19.7 Å². The lowest BCUT2D eigenvalue weighted by atomic mass is 10.1. The quantitative estimate of drug-likeness (QED) is 0.249. The summed E-state index contributed by atoms with van der Waals surface area (Å²) >= 11 is 5.82. The number of alkyl halides is 3. The van der Waals surface area contributed by atoms with Crippen molar-refractivity contribution in [2.45, 2.75) is 19.5 Å². The van der Waals surface area contributed by atoms with Crippen LogP contribution in [0, 0.1) is 5.92 Å². The standard InChI is InChI=1S/C17H24ClF3N4O2.HI/c1-3-22-16(25(2)10-12-4-6-26-11-12)23-5-7-27-15-14(18)8-13(9-24-15)17(19,20)21;/h8-9,12H,3-7,10-11H2,1-2H3,(H,22,23);1H. The summed E-state index contributed by atoms with van der Waals surface area (Å²) in [5, 5.41) is 3.02. The van der Waals surface area contributed by atoms with Crippen LogP contribution >= 0.6 is 35.6 Å². The molecule has 0 aromatic carbocycles. The van der Waals surface area contributed by atoms with Gasteiger partial charge in [-0.25, -0.2) is 9.98 Å². The largest absolute Gasteiger partial charge is 0.475 e. The fourth-order valence-electron chi connectivity index (χ4n) is 2.65. The minimum Gasteiger partial charge on any atom is -0.475 e. The van der Waals surface area contributed by atoms with Crippen LogP contribution in [-0.2, 0) is 10.9 Å². The molecule has 1 aliphatic heterocycles. The molecule has 0 bridgehead atoms. The van der Waals surface area contributed by atoms with E-state index in [-0.39, 0.29) is 41.5 Å². The number of pyridine rings is 1. The molecule has 1 fully saturated rings. The minimum atomic E-state index is -4.49. The van der Waals surface area contributed by atoms with Crippen molar-refractivity contribution < 1.29 is 22.6 Å². The third-order valence-corrected chi connectivity index (χ3v) is 4.25. The van der Waals surface area contributed by atoms with E-state index in [4.69, 9.17) is 21.1 Å². The number of hydrogen-bond donors (Lipinski definition) is 1. The van der Waals surface area contributed by atoms with Gasteiger partial charge in [0.1, 0.15) is 11.6 Å². The molecule has 1 aromatic rings. The van der Waals surface area contributed by atoms with E-state index in [1.54, 1.807) is 0 Å². The number of aromatic nitrogens is 1. The molecular weight excluding hydrogens is 512 g/mol. The monoisotopic (exact) mass is 536 g/mol. The molecular formula is C17H25ClF3IN4O2. The molecule has 0 aliphatic carbocycles. The van der Waals surface area contributed by atoms with Crippen LogP contribution in [0.4, 0.5) is 13.2 Å². The zero-order valence-corrected chi connectivity index (χ0v) is 18.8. The third kappa shape index (κ3) is 7.78. The topological polar surface area (TPSA) is 59.0 Å². The first-order chi connectivity index (χ1) is 12.8. The summed E-state index contributed by atoms with van der Waals surface area (Å²) < 4.78 is 48.6. The highest BCUT2D eigenvalue weighted by Crippen LogP contribution is 2.33. The van der Waals surface area contributed by atoms with Gasteiger partial charge in [-0.05, 0) is 19.4 Å². The van der Waals surface area contributed by atoms with Crippen LogP contribution in [0.5, 0.6) is 5.88 Å². The van der Waals surface area contributed by atoms with Crippen LogP contribution in [0.15, 0.2) is 17.3 Å². The van der Waals surface area contributed by atoms with Crippen LogP contribution in [0.2, 0.25) is 5.02 Å². The highest BCUT2D eigenvalue weighted by Gasteiger charge is 2.31. The maximum Gasteiger partial charge on any atom is 0.417 e. The maximum absolute atomic E-state index is 12.6. The van der Waals surface area contributed by atoms with E-state index in [0.29, 0.717) is 18.7 Å². The normalized spacial score (nSPS) is 17.2. The average molecular weight is 537 g/mol. The van der Waals surface area contributed by atoms with Gasteiger partial charge in [-0.1, -0.05) is 11.6 Å². The van der Waals surface area contributed by atoms with Gasteiger partial charge in [0.25, 0.3) is 0 Å². The molecule has 0 amide bonds. The zero-order chi connectivity index (χ0) is 19.9. The Labute approximate surface area is 184 Å². The molecule has 0 spiro atoms. The Morgan fingerprint density at radius 1 is 1.50 bits per heavy atom. The Morgan fingerprint density at radius 3 is 2.82 bits per heavy atom. The summed E-state index contributed by atoms with van der Waals surface area (Å²) in [6.07, 6.45) is -2.76. The molecule has 1 saturated heterocycles. The van der Waals surface area contributed by atoms with E-state index in [2.05, 4.69) is 15.3 Å². The Kier molecular flexibility index (Phi) is 10.6. The number of aliphatic imine (C=N–C) groups is 1. The minimum absolute atomic E-state index is 0. The lowest BCUT2D eigenvalue weighted by Crippen LogP contribution is -2.41. The van der Waals surface area contributed by atoms with Gasteiger partial charge in [0.05, 0.1) is 18.7 Å². The van der Waals surface area contributed by atoms with E-state index in [0.717, 1.165) is 44.8 Å². The number of rotatable bonds is 7. The molecule has 1 aliphatic rings. The van der Waals surface area contributed by atoms with Crippen molar-refractivity contribution in [1.29, 1.82) is 0 Å². The van der Waals surface area contributed by atoms with Crippen molar-refractivity contribution in [3.63, 3.8) is 0 Å². The predicted octanol–water partition coefficient (Wildman–Crippen LogP) is 3.68. The fourth-order valence-corrected chi connectivity index (χ4v) is 2.87. The van der Waals surface area contributed by atoms with Gasteiger partial charge in [0.2, 0.25) is 5.88 Å². The van der Waals surface area contributed by atoms with E-state index in [9.17, 15) is 13.2 Å². The zero-order valence-electron chi connectivity index (χ0n) is 15.8. The maximum atomic E-state index is 12.6.